The van der Waals surface area contributed by atoms with Gasteiger partial charge in [0, 0.05) is 36.1 Å². The lowest BCUT2D eigenvalue weighted by molar-refractivity contribution is -0.118. The van der Waals surface area contributed by atoms with E-state index in [-0.39, 0.29) is 17.0 Å². The smallest absolute Gasteiger partial charge is 0.263 e. The zero-order chi connectivity index (χ0) is 16.3. The molecule has 6 nitrogen and oxygen atoms in total. The molecule has 118 valence electrons. The highest BCUT2D eigenvalue weighted by molar-refractivity contribution is 7.15. The normalized spacial score (nSPS) is 15.9. The summed E-state index contributed by atoms with van der Waals surface area (Å²) in [7, 11) is 2.08. The van der Waals surface area contributed by atoms with Crippen LogP contribution in [0.4, 0.5) is 5.13 Å². The van der Waals surface area contributed by atoms with Gasteiger partial charge in [-0.25, -0.2) is 4.98 Å². The molecule has 2 heterocycles. The number of hydrogen-bond acceptors (Lipinski definition) is 6. The minimum Gasteiger partial charge on any atom is -0.347 e. The Morgan fingerprint density at radius 3 is 2.86 bits per heavy atom. The van der Waals surface area contributed by atoms with Crippen molar-refractivity contribution >= 4 is 22.4 Å². The van der Waals surface area contributed by atoms with Crippen LogP contribution in [0, 0.1) is 11.3 Å². The van der Waals surface area contributed by atoms with E-state index in [1.807, 2.05) is 26.8 Å². The number of likely N-dealkylation sites (N-methyl/N-ethyl adjacent to an activating group) is 1. The van der Waals surface area contributed by atoms with Gasteiger partial charge in [0.2, 0.25) is 0 Å². The van der Waals surface area contributed by atoms with Crippen LogP contribution in [-0.2, 0) is 17.8 Å². The number of fused-ring (bicyclic) bond motifs is 1. The van der Waals surface area contributed by atoms with Crippen molar-refractivity contribution in [3.05, 3.63) is 22.3 Å². The number of hydrogen-bond donors (Lipinski definition) is 2. The molecule has 0 bridgehead atoms. The van der Waals surface area contributed by atoms with Crippen LogP contribution in [0.3, 0.4) is 0 Å². The molecule has 0 spiro atoms. The quantitative estimate of drug-likeness (QED) is 0.656. The molecule has 0 radical (unpaired) electrons. The number of nitriles is 1. The highest BCUT2D eigenvalue weighted by atomic mass is 32.1. The molecule has 0 saturated carbocycles. The first-order valence-electron chi connectivity index (χ1n) is 7.15. The first-order chi connectivity index (χ1) is 10.3. The Hall–Kier alpha value is -1.91. The van der Waals surface area contributed by atoms with Gasteiger partial charge in [-0.3, -0.25) is 4.79 Å². The lowest BCUT2D eigenvalue weighted by Gasteiger charge is -2.20. The third kappa shape index (κ3) is 4.29. The van der Waals surface area contributed by atoms with Gasteiger partial charge in [0.25, 0.3) is 5.91 Å². The number of aromatic nitrogens is 1. The summed E-state index contributed by atoms with van der Waals surface area (Å²) in [6, 6.07) is 1.92. The van der Waals surface area contributed by atoms with Crippen LogP contribution in [0.1, 0.15) is 31.3 Å². The first-order valence-corrected chi connectivity index (χ1v) is 7.96. The Kier molecular flexibility index (Phi) is 4.84. The molecule has 1 aromatic heterocycles. The van der Waals surface area contributed by atoms with Gasteiger partial charge >= 0.3 is 0 Å². The third-order valence-electron chi connectivity index (χ3n) is 3.12. The van der Waals surface area contributed by atoms with E-state index in [4.69, 9.17) is 5.26 Å². The molecule has 2 N–H and O–H groups in total. The van der Waals surface area contributed by atoms with E-state index in [1.54, 1.807) is 11.3 Å². The summed E-state index contributed by atoms with van der Waals surface area (Å²) < 4.78 is 0. The average Bonchev–Trinajstić information content (AvgIpc) is 2.79. The van der Waals surface area contributed by atoms with E-state index in [1.165, 1.54) is 11.1 Å². The summed E-state index contributed by atoms with van der Waals surface area (Å²) >= 11 is 1.57. The monoisotopic (exact) mass is 319 g/mol. The standard InChI is InChI=1S/C15H21N5OS/c1-15(2,3)19-13(21)10(7-16)8-17-14-18-11-5-6-20(4)9-12(11)22-14/h8H,5-6,9H2,1-4H3,(H,17,18)(H,19,21)/b10-8-. The van der Waals surface area contributed by atoms with Gasteiger partial charge in [0.15, 0.2) is 5.13 Å². The van der Waals surface area contributed by atoms with Crippen molar-refractivity contribution in [3.8, 4) is 6.07 Å². The van der Waals surface area contributed by atoms with Crippen molar-refractivity contribution in [2.45, 2.75) is 39.3 Å². The predicted molar refractivity (Wildman–Crippen MR) is 87.4 cm³/mol. The Balaban J connectivity index is 2.07. The van der Waals surface area contributed by atoms with Crippen LogP contribution >= 0.6 is 11.3 Å². The van der Waals surface area contributed by atoms with E-state index in [0.29, 0.717) is 0 Å². The molecule has 22 heavy (non-hydrogen) atoms. The van der Waals surface area contributed by atoms with E-state index in [9.17, 15) is 4.79 Å². The van der Waals surface area contributed by atoms with Gasteiger partial charge < -0.3 is 15.5 Å². The third-order valence-corrected chi connectivity index (χ3v) is 4.13. The minimum atomic E-state index is -0.386. The number of nitrogens with one attached hydrogen (secondary N) is 2. The van der Waals surface area contributed by atoms with Crippen molar-refractivity contribution in [2.24, 2.45) is 0 Å². The number of carbonyl (C=O) groups is 1. The molecule has 0 unspecified atom stereocenters. The van der Waals surface area contributed by atoms with E-state index < -0.39 is 0 Å². The molecule has 0 saturated heterocycles. The largest absolute Gasteiger partial charge is 0.347 e. The van der Waals surface area contributed by atoms with Crippen LogP contribution in [0.15, 0.2) is 11.8 Å². The second-order valence-corrected chi connectivity index (χ2v) is 7.48. The second-order valence-electron chi connectivity index (χ2n) is 6.39. The molecule has 7 heteroatoms. The fraction of sp³-hybridized carbons (Fsp3) is 0.533. The SMILES string of the molecule is CN1CCc2nc(N/C=C(/C#N)C(=O)NC(C)(C)C)sc2C1. The summed E-state index contributed by atoms with van der Waals surface area (Å²) in [4.78, 5) is 20.0. The summed E-state index contributed by atoms with van der Waals surface area (Å²) in [5.74, 6) is -0.386. The van der Waals surface area contributed by atoms with Crippen LogP contribution in [0.2, 0.25) is 0 Å². The maximum atomic E-state index is 12.0. The van der Waals surface area contributed by atoms with Gasteiger partial charge in [-0.2, -0.15) is 5.26 Å². The van der Waals surface area contributed by atoms with E-state index in [2.05, 4.69) is 27.6 Å². The van der Waals surface area contributed by atoms with Gasteiger partial charge in [-0.15, -0.1) is 11.3 Å². The highest BCUT2D eigenvalue weighted by Crippen LogP contribution is 2.27. The van der Waals surface area contributed by atoms with Gasteiger partial charge in [-0.05, 0) is 27.8 Å². The van der Waals surface area contributed by atoms with Crippen LogP contribution in [0.25, 0.3) is 0 Å². The van der Waals surface area contributed by atoms with Crippen LogP contribution in [0.5, 0.6) is 0 Å². The molecule has 1 aliphatic heterocycles. The highest BCUT2D eigenvalue weighted by Gasteiger charge is 2.19. The van der Waals surface area contributed by atoms with Crippen LogP contribution in [-0.4, -0.2) is 34.9 Å². The molecule has 2 rings (SSSR count). The van der Waals surface area contributed by atoms with Crippen LogP contribution < -0.4 is 10.6 Å². The number of nitrogens with zero attached hydrogens (tertiary/aromatic N) is 3. The summed E-state index contributed by atoms with van der Waals surface area (Å²) in [5, 5.41) is 15.6. The molecule has 1 amide bonds. The van der Waals surface area contributed by atoms with Crippen molar-refractivity contribution < 1.29 is 4.79 Å². The summed E-state index contributed by atoms with van der Waals surface area (Å²) in [6.45, 7) is 7.52. The van der Waals surface area contributed by atoms with Crippen molar-refractivity contribution in [1.82, 2.24) is 15.2 Å². The topological polar surface area (TPSA) is 81.1 Å². The molecule has 0 atom stereocenters. The van der Waals surface area contributed by atoms with Crippen molar-refractivity contribution in [3.63, 3.8) is 0 Å². The van der Waals surface area contributed by atoms with E-state index >= 15 is 0 Å². The number of carbonyl (C=O) groups excluding carboxylic acids is 1. The second kappa shape index (κ2) is 6.46. The lowest BCUT2D eigenvalue weighted by atomic mass is 10.1. The fourth-order valence-electron chi connectivity index (χ4n) is 2.08. The Bertz CT molecular complexity index is 635. The predicted octanol–water partition coefficient (Wildman–Crippen LogP) is 1.87. The zero-order valence-corrected chi connectivity index (χ0v) is 14.2. The Morgan fingerprint density at radius 1 is 1.50 bits per heavy atom. The van der Waals surface area contributed by atoms with Gasteiger partial charge in [-0.1, -0.05) is 0 Å². The molecular weight excluding hydrogens is 298 g/mol. The zero-order valence-electron chi connectivity index (χ0n) is 13.4. The van der Waals surface area contributed by atoms with Gasteiger partial charge in [0.05, 0.1) is 5.69 Å². The fourth-order valence-corrected chi connectivity index (χ4v) is 3.13. The van der Waals surface area contributed by atoms with Crippen molar-refractivity contribution in [1.29, 1.82) is 5.26 Å². The number of rotatable bonds is 3. The molecule has 0 fully saturated rings. The molecule has 0 aromatic carbocycles. The maximum absolute atomic E-state index is 12.0. The number of thiazole rings is 1. The summed E-state index contributed by atoms with van der Waals surface area (Å²) in [5.41, 5.74) is 0.773. The first kappa shape index (κ1) is 16.5. The Labute approximate surface area is 134 Å². The lowest BCUT2D eigenvalue weighted by Crippen LogP contribution is -2.41. The molecule has 0 aliphatic carbocycles. The Morgan fingerprint density at radius 2 is 2.23 bits per heavy atom. The molecule has 1 aromatic rings. The molecular formula is C15H21N5OS. The average molecular weight is 319 g/mol. The van der Waals surface area contributed by atoms with Crippen molar-refractivity contribution in [2.75, 3.05) is 18.9 Å². The van der Waals surface area contributed by atoms with Gasteiger partial charge in [0.1, 0.15) is 11.6 Å². The summed E-state index contributed by atoms with van der Waals surface area (Å²) in [6.07, 6.45) is 2.36. The number of amides is 1. The molecule has 1 aliphatic rings. The maximum Gasteiger partial charge on any atom is 0.263 e. The number of anilines is 1. The van der Waals surface area contributed by atoms with E-state index in [0.717, 1.165) is 30.3 Å². The minimum absolute atomic E-state index is 0.0419.